The van der Waals surface area contributed by atoms with E-state index in [0.717, 1.165) is 14.2 Å². The van der Waals surface area contributed by atoms with Gasteiger partial charge in [0, 0.05) is 13.1 Å². The van der Waals surface area contributed by atoms with E-state index in [4.69, 9.17) is 5.73 Å². The Bertz CT molecular complexity index is 409. The average Bonchev–Trinajstić information content (AvgIpc) is 2.66. The van der Waals surface area contributed by atoms with E-state index in [1.807, 2.05) is 24.8 Å². The van der Waals surface area contributed by atoms with E-state index in [1.165, 1.54) is 11.3 Å². The van der Waals surface area contributed by atoms with Gasteiger partial charge in [0.1, 0.15) is 0 Å². The van der Waals surface area contributed by atoms with Crippen LogP contribution in [0.15, 0.2) is 9.85 Å². The summed E-state index contributed by atoms with van der Waals surface area (Å²) in [6, 6.07) is 1.94. The van der Waals surface area contributed by atoms with Crippen molar-refractivity contribution in [3.8, 4) is 0 Å². The maximum Gasteiger partial charge on any atom is 0.263 e. The van der Waals surface area contributed by atoms with Crippen LogP contribution in [-0.2, 0) is 0 Å². The summed E-state index contributed by atoms with van der Waals surface area (Å²) < 4.78 is 1.03. The molecular weight excluding hydrogens is 312 g/mol. The van der Waals surface area contributed by atoms with Gasteiger partial charge in [-0.1, -0.05) is 13.8 Å². The second kappa shape index (κ2) is 6.17. The number of hydrogen-bond acceptors (Lipinski definition) is 3. The van der Waals surface area contributed by atoms with Crippen LogP contribution >= 0.6 is 27.3 Å². The maximum absolute atomic E-state index is 12.4. The Morgan fingerprint density at radius 3 is 2.56 bits per heavy atom. The summed E-state index contributed by atoms with van der Waals surface area (Å²) in [5.41, 5.74) is 6.80. The third kappa shape index (κ3) is 3.80. The standard InChI is InChI=1S/C13H21BrN2OS/c1-5-16(8-13(3,4)7-15)12(17)10-6-9(2)11(14)18-10/h6H,5,7-8,15H2,1-4H3. The number of carbonyl (C=O) groups excluding carboxylic acids is 1. The normalized spacial score (nSPS) is 11.7. The minimum atomic E-state index is -0.0464. The molecule has 0 bridgehead atoms. The van der Waals surface area contributed by atoms with Crippen molar-refractivity contribution < 1.29 is 4.79 Å². The Morgan fingerprint density at radius 2 is 2.17 bits per heavy atom. The molecule has 0 radical (unpaired) electrons. The number of amides is 1. The third-order valence-electron chi connectivity index (χ3n) is 2.91. The smallest absolute Gasteiger partial charge is 0.263 e. The molecule has 2 N–H and O–H groups in total. The molecule has 0 aliphatic carbocycles. The SMILES string of the molecule is CCN(CC(C)(C)CN)C(=O)c1cc(C)c(Br)s1. The number of nitrogens with two attached hydrogens (primary N) is 1. The third-order valence-corrected chi connectivity index (χ3v) is 5.03. The Kier molecular flexibility index (Phi) is 5.37. The van der Waals surface area contributed by atoms with Crippen LogP contribution in [-0.4, -0.2) is 30.4 Å². The highest BCUT2D eigenvalue weighted by Gasteiger charge is 2.24. The molecule has 1 heterocycles. The minimum absolute atomic E-state index is 0.0464. The summed E-state index contributed by atoms with van der Waals surface area (Å²) in [4.78, 5) is 15.1. The lowest BCUT2D eigenvalue weighted by atomic mass is 9.93. The number of halogens is 1. The Labute approximate surface area is 121 Å². The highest BCUT2D eigenvalue weighted by Crippen LogP contribution is 2.28. The fourth-order valence-corrected chi connectivity index (χ4v) is 3.13. The molecule has 1 aromatic rings. The molecule has 1 rings (SSSR count). The predicted molar refractivity (Wildman–Crippen MR) is 81.2 cm³/mol. The second-order valence-corrected chi connectivity index (χ2v) is 7.63. The van der Waals surface area contributed by atoms with Gasteiger partial charge in [-0.2, -0.15) is 0 Å². The fraction of sp³-hybridized carbons (Fsp3) is 0.615. The first-order valence-electron chi connectivity index (χ1n) is 6.06. The Morgan fingerprint density at radius 1 is 1.56 bits per heavy atom. The molecule has 0 fully saturated rings. The van der Waals surface area contributed by atoms with Gasteiger partial charge in [0.25, 0.3) is 5.91 Å². The van der Waals surface area contributed by atoms with E-state index in [9.17, 15) is 4.79 Å². The number of thiophene rings is 1. The number of aryl methyl sites for hydroxylation is 1. The van der Waals surface area contributed by atoms with Gasteiger partial charge in [-0.05, 0) is 53.4 Å². The molecule has 0 aliphatic heterocycles. The largest absolute Gasteiger partial charge is 0.338 e. The zero-order valence-corrected chi connectivity index (χ0v) is 13.8. The van der Waals surface area contributed by atoms with Gasteiger partial charge in [0.15, 0.2) is 0 Å². The van der Waals surface area contributed by atoms with Crippen LogP contribution in [0, 0.1) is 12.3 Å². The highest BCUT2D eigenvalue weighted by molar-refractivity contribution is 9.11. The highest BCUT2D eigenvalue weighted by atomic mass is 79.9. The molecule has 0 aromatic carbocycles. The summed E-state index contributed by atoms with van der Waals surface area (Å²) >= 11 is 4.95. The summed E-state index contributed by atoms with van der Waals surface area (Å²) in [7, 11) is 0. The van der Waals surface area contributed by atoms with Gasteiger partial charge in [0.2, 0.25) is 0 Å². The summed E-state index contributed by atoms with van der Waals surface area (Å²) in [6.07, 6.45) is 0. The molecule has 1 amide bonds. The van der Waals surface area contributed by atoms with Crippen molar-refractivity contribution in [1.82, 2.24) is 4.90 Å². The van der Waals surface area contributed by atoms with Crippen molar-refractivity contribution >= 4 is 33.2 Å². The van der Waals surface area contributed by atoms with E-state index in [-0.39, 0.29) is 11.3 Å². The zero-order chi connectivity index (χ0) is 13.9. The van der Waals surface area contributed by atoms with Crippen LogP contribution < -0.4 is 5.73 Å². The van der Waals surface area contributed by atoms with Gasteiger partial charge in [0.05, 0.1) is 8.66 Å². The van der Waals surface area contributed by atoms with Crippen molar-refractivity contribution in [3.63, 3.8) is 0 Å². The second-order valence-electron chi connectivity index (χ2n) is 5.26. The van der Waals surface area contributed by atoms with Crippen LogP contribution in [0.1, 0.15) is 36.0 Å². The van der Waals surface area contributed by atoms with Crippen LogP contribution in [0.5, 0.6) is 0 Å². The molecule has 18 heavy (non-hydrogen) atoms. The van der Waals surface area contributed by atoms with Crippen LogP contribution in [0.25, 0.3) is 0 Å². The van der Waals surface area contributed by atoms with Gasteiger partial charge in [-0.25, -0.2) is 0 Å². The Hall–Kier alpha value is -0.390. The first-order valence-corrected chi connectivity index (χ1v) is 7.67. The molecule has 102 valence electrons. The first-order chi connectivity index (χ1) is 8.30. The van der Waals surface area contributed by atoms with Gasteiger partial charge in [-0.3, -0.25) is 4.79 Å². The van der Waals surface area contributed by atoms with Crippen molar-refractivity contribution in [2.45, 2.75) is 27.7 Å². The van der Waals surface area contributed by atoms with Crippen LogP contribution in [0.2, 0.25) is 0 Å². The lowest BCUT2D eigenvalue weighted by Crippen LogP contribution is -2.41. The Balaban J connectivity index is 2.86. The maximum atomic E-state index is 12.4. The molecule has 3 nitrogen and oxygen atoms in total. The van der Waals surface area contributed by atoms with Crippen LogP contribution in [0.4, 0.5) is 0 Å². The molecule has 0 saturated carbocycles. The average molecular weight is 333 g/mol. The van der Waals surface area contributed by atoms with E-state index in [1.54, 1.807) is 0 Å². The molecular formula is C13H21BrN2OS. The van der Waals surface area contributed by atoms with Crippen molar-refractivity contribution in [1.29, 1.82) is 0 Å². The lowest BCUT2D eigenvalue weighted by molar-refractivity contribution is 0.0705. The van der Waals surface area contributed by atoms with Crippen molar-refractivity contribution in [3.05, 3.63) is 20.3 Å². The van der Waals surface area contributed by atoms with Crippen molar-refractivity contribution in [2.24, 2.45) is 11.1 Å². The van der Waals surface area contributed by atoms with Gasteiger partial charge >= 0.3 is 0 Å². The molecule has 0 saturated heterocycles. The topological polar surface area (TPSA) is 46.3 Å². The fourth-order valence-electron chi connectivity index (χ4n) is 1.63. The number of carbonyl (C=O) groups is 1. The lowest BCUT2D eigenvalue weighted by Gasteiger charge is -2.30. The molecule has 0 aliphatic rings. The summed E-state index contributed by atoms with van der Waals surface area (Å²) in [5.74, 6) is 0.0952. The summed E-state index contributed by atoms with van der Waals surface area (Å²) in [5, 5.41) is 0. The number of rotatable bonds is 5. The first kappa shape index (κ1) is 15.7. The molecule has 5 heteroatoms. The summed E-state index contributed by atoms with van der Waals surface area (Å²) in [6.45, 7) is 10.1. The molecule has 1 aromatic heterocycles. The molecule has 0 spiro atoms. The quantitative estimate of drug-likeness (QED) is 0.899. The van der Waals surface area contributed by atoms with E-state index >= 15 is 0 Å². The minimum Gasteiger partial charge on any atom is -0.338 e. The van der Waals surface area contributed by atoms with Gasteiger partial charge in [-0.15, -0.1) is 11.3 Å². The zero-order valence-electron chi connectivity index (χ0n) is 11.4. The number of nitrogens with zero attached hydrogens (tertiary/aromatic N) is 1. The number of hydrogen-bond donors (Lipinski definition) is 1. The molecule has 0 unspecified atom stereocenters. The van der Waals surface area contributed by atoms with Crippen LogP contribution in [0.3, 0.4) is 0 Å². The van der Waals surface area contributed by atoms with E-state index in [0.29, 0.717) is 19.6 Å². The predicted octanol–water partition coefficient (Wildman–Crippen LogP) is 3.27. The van der Waals surface area contributed by atoms with E-state index < -0.39 is 0 Å². The van der Waals surface area contributed by atoms with Crippen molar-refractivity contribution in [2.75, 3.05) is 19.6 Å². The van der Waals surface area contributed by atoms with Gasteiger partial charge < -0.3 is 10.6 Å². The molecule has 0 atom stereocenters. The van der Waals surface area contributed by atoms with E-state index in [2.05, 4.69) is 29.8 Å². The monoisotopic (exact) mass is 332 g/mol.